The van der Waals surface area contributed by atoms with Crippen LogP contribution < -0.4 is 0 Å². The Morgan fingerprint density at radius 3 is 2.88 bits per heavy atom. The summed E-state index contributed by atoms with van der Waals surface area (Å²) < 4.78 is 49.8. The van der Waals surface area contributed by atoms with Crippen LogP contribution in [0, 0.1) is 0 Å². The Morgan fingerprint density at radius 2 is 2.20 bits per heavy atom. The van der Waals surface area contributed by atoms with Gasteiger partial charge in [-0.2, -0.15) is 13.2 Å². The van der Waals surface area contributed by atoms with E-state index in [0.29, 0.717) is 5.76 Å². The number of alkyl halides is 3. The molecule has 25 heavy (non-hydrogen) atoms. The highest BCUT2D eigenvalue weighted by Crippen LogP contribution is 2.34. The predicted octanol–water partition coefficient (Wildman–Crippen LogP) is 4.07. The Bertz CT molecular complexity index is 938. The standard InChI is InChI=1S/C14H9ClF3N3O3S/c1-23-12(22)8-2-3-24-10(8)6-25-13-20-19-11-9(15)4-7(5-21(11)13)14(16,17)18/h2-5H,6H2,1H3. The number of hydrogen-bond acceptors (Lipinski definition) is 6. The van der Waals surface area contributed by atoms with E-state index in [1.165, 1.54) is 19.4 Å². The lowest BCUT2D eigenvalue weighted by molar-refractivity contribution is -0.137. The van der Waals surface area contributed by atoms with E-state index < -0.39 is 17.7 Å². The van der Waals surface area contributed by atoms with Crippen LogP contribution in [0.4, 0.5) is 13.2 Å². The predicted molar refractivity (Wildman–Crippen MR) is 82.6 cm³/mol. The summed E-state index contributed by atoms with van der Waals surface area (Å²) in [6.45, 7) is 0. The highest BCUT2D eigenvalue weighted by Gasteiger charge is 2.32. The van der Waals surface area contributed by atoms with Crippen LogP contribution in [0.2, 0.25) is 5.02 Å². The van der Waals surface area contributed by atoms with Crippen LogP contribution in [0.3, 0.4) is 0 Å². The van der Waals surface area contributed by atoms with E-state index in [4.69, 9.17) is 16.0 Å². The van der Waals surface area contributed by atoms with Gasteiger partial charge in [0.1, 0.15) is 11.3 Å². The molecule has 3 aromatic heterocycles. The average Bonchev–Trinajstić information content (AvgIpc) is 3.18. The van der Waals surface area contributed by atoms with E-state index in [1.807, 2.05) is 0 Å². The minimum Gasteiger partial charge on any atom is -0.468 e. The SMILES string of the molecule is COC(=O)c1ccoc1CSc1nnc2c(Cl)cc(C(F)(F)F)cn12. The number of carbonyl (C=O) groups is 1. The molecule has 0 amide bonds. The maximum atomic E-state index is 12.9. The van der Waals surface area contributed by atoms with Gasteiger partial charge in [-0.15, -0.1) is 10.2 Å². The molecular formula is C14H9ClF3N3O3S. The third kappa shape index (κ3) is 3.45. The van der Waals surface area contributed by atoms with Gasteiger partial charge in [0.05, 0.1) is 29.7 Å². The molecule has 3 heterocycles. The topological polar surface area (TPSA) is 69.6 Å². The molecule has 0 aliphatic heterocycles. The summed E-state index contributed by atoms with van der Waals surface area (Å²) >= 11 is 6.90. The molecule has 11 heteroatoms. The number of nitrogens with zero attached hydrogens (tertiary/aromatic N) is 3. The molecule has 0 aliphatic carbocycles. The molecule has 0 saturated heterocycles. The van der Waals surface area contributed by atoms with E-state index in [-0.39, 0.29) is 27.1 Å². The Morgan fingerprint density at radius 1 is 1.44 bits per heavy atom. The number of halogens is 4. The number of aromatic nitrogens is 3. The van der Waals surface area contributed by atoms with Crippen LogP contribution in [0.1, 0.15) is 21.7 Å². The number of fused-ring (bicyclic) bond motifs is 1. The van der Waals surface area contributed by atoms with E-state index in [1.54, 1.807) is 0 Å². The fourth-order valence-corrected chi connectivity index (χ4v) is 3.17. The summed E-state index contributed by atoms with van der Waals surface area (Å²) in [5, 5.41) is 7.64. The largest absolute Gasteiger partial charge is 0.468 e. The van der Waals surface area contributed by atoms with E-state index in [0.717, 1.165) is 28.4 Å². The molecule has 0 saturated carbocycles. The second-order valence-electron chi connectivity index (χ2n) is 4.79. The van der Waals surface area contributed by atoms with Crippen molar-refractivity contribution in [1.29, 1.82) is 0 Å². The highest BCUT2D eigenvalue weighted by molar-refractivity contribution is 7.98. The first-order valence-corrected chi connectivity index (χ1v) is 8.06. The molecule has 132 valence electrons. The molecule has 0 fully saturated rings. The summed E-state index contributed by atoms with van der Waals surface area (Å²) in [4.78, 5) is 11.6. The Labute approximate surface area is 147 Å². The fraction of sp³-hybridized carbons (Fsp3) is 0.214. The van der Waals surface area contributed by atoms with Crippen molar-refractivity contribution in [2.45, 2.75) is 17.1 Å². The number of rotatable bonds is 4. The van der Waals surface area contributed by atoms with Crippen molar-refractivity contribution in [2.75, 3.05) is 7.11 Å². The van der Waals surface area contributed by atoms with E-state index >= 15 is 0 Å². The minimum absolute atomic E-state index is 0.102. The Hall–Kier alpha value is -2.20. The lowest BCUT2D eigenvalue weighted by atomic mass is 10.3. The van der Waals surface area contributed by atoms with Gasteiger partial charge in [-0.1, -0.05) is 23.4 Å². The third-order valence-electron chi connectivity index (χ3n) is 3.24. The molecule has 6 nitrogen and oxygen atoms in total. The van der Waals surface area contributed by atoms with Crippen molar-refractivity contribution in [3.05, 3.63) is 46.5 Å². The van der Waals surface area contributed by atoms with Crippen molar-refractivity contribution >= 4 is 35.0 Å². The van der Waals surface area contributed by atoms with Gasteiger partial charge in [-0.3, -0.25) is 4.40 Å². The maximum Gasteiger partial charge on any atom is 0.417 e. The zero-order valence-electron chi connectivity index (χ0n) is 12.5. The van der Waals surface area contributed by atoms with Gasteiger partial charge in [0.2, 0.25) is 0 Å². The van der Waals surface area contributed by atoms with Gasteiger partial charge >= 0.3 is 12.1 Å². The molecule has 0 N–H and O–H groups in total. The van der Waals surface area contributed by atoms with Crippen molar-refractivity contribution in [1.82, 2.24) is 14.6 Å². The molecular weight excluding hydrogens is 383 g/mol. The Kier molecular flexibility index (Phi) is 4.65. The zero-order valence-corrected chi connectivity index (χ0v) is 14.1. The van der Waals surface area contributed by atoms with Crippen molar-refractivity contribution < 1.29 is 27.1 Å². The number of pyridine rings is 1. The molecule has 0 bridgehead atoms. The molecule has 0 unspecified atom stereocenters. The summed E-state index contributed by atoms with van der Waals surface area (Å²) in [6, 6.07) is 2.24. The molecule has 0 spiro atoms. The number of furan rings is 1. The maximum absolute atomic E-state index is 12.9. The number of methoxy groups -OCH3 is 1. The van der Waals surface area contributed by atoms with Gasteiger partial charge in [0.25, 0.3) is 0 Å². The second-order valence-corrected chi connectivity index (χ2v) is 6.14. The monoisotopic (exact) mass is 391 g/mol. The number of hydrogen-bond donors (Lipinski definition) is 0. The molecule has 0 radical (unpaired) electrons. The van der Waals surface area contributed by atoms with Gasteiger partial charge in [0.15, 0.2) is 10.8 Å². The average molecular weight is 392 g/mol. The smallest absolute Gasteiger partial charge is 0.417 e. The van der Waals surface area contributed by atoms with E-state index in [9.17, 15) is 18.0 Å². The lowest BCUT2D eigenvalue weighted by Gasteiger charge is -2.08. The van der Waals surface area contributed by atoms with Crippen LogP contribution in [0.15, 0.2) is 34.2 Å². The van der Waals surface area contributed by atoms with E-state index in [2.05, 4.69) is 14.9 Å². The summed E-state index contributed by atoms with van der Waals surface area (Å²) in [5.41, 5.74) is -0.581. The normalized spacial score (nSPS) is 11.9. The number of carbonyl (C=O) groups excluding carboxylic acids is 1. The summed E-state index contributed by atoms with van der Waals surface area (Å²) in [7, 11) is 1.24. The van der Waals surface area contributed by atoms with Crippen molar-refractivity contribution in [2.24, 2.45) is 0 Å². The first kappa shape index (κ1) is 17.6. The summed E-state index contributed by atoms with van der Waals surface area (Å²) in [5.74, 6) is -0.115. The molecule has 0 aliphatic rings. The lowest BCUT2D eigenvalue weighted by Crippen LogP contribution is -2.07. The van der Waals surface area contributed by atoms with Crippen molar-refractivity contribution in [3.8, 4) is 0 Å². The van der Waals surface area contributed by atoms with Crippen LogP contribution in [-0.4, -0.2) is 27.7 Å². The zero-order chi connectivity index (χ0) is 18.2. The molecule has 0 aromatic carbocycles. The molecule has 0 atom stereocenters. The van der Waals surface area contributed by atoms with Crippen LogP contribution in [0.5, 0.6) is 0 Å². The van der Waals surface area contributed by atoms with Gasteiger partial charge in [-0.05, 0) is 12.1 Å². The third-order valence-corrected chi connectivity index (χ3v) is 4.46. The van der Waals surface area contributed by atoms with Gasteiger partial charge in [0, 0.05) is 6.20 Å². The first-order chi connectivity index (χ1) is 11.8. The van der Waals surface area contributed by atoms with Crippen molar-refractivity contribution in [3.63, 3.8) is 0 Å². The molecule has 3 rings (SSSR count). The summed E-state index contributed by atoms with van der Waals surface area (Å²) in [6.07, 6.45) is -2.36. The van der Waals surface area contributed by atoms with Gasteiger partial charge < -0.3 is 9.15 Å². The van der Waals surface area contributed by atoms with Crippen LogP contribution in [0.25, 0.3) is 5.65 Å². The fourth-order valence-electron chi connectivity index (χ4n) is 2.06. The number of ether oxygens (including phenoxy) is 1. The Balaban J connectivity index is 1.91. The highest BCUT2D eigenvalue weighted by atomic mass is 35.5. The van der Waals surface area contributed by atoms with Gasteiger partial charge in [-0.25, -0.2) is 4.79 Å². The number of thioether (sulfide) groups is 1. The van der Waals surface area contributed by atoms with Crippen LogP contribution in [-0.2, 0) is 16.7 Å². The second kappa shape index (κ2) is 6.60. The quantitative estimate of drug-likeness (QED) is 0.493. The molecule has 3 aromatic rings. The first-order valence-electron chi connectivity index (χ1n) is 6.70. The number of esters is 1. The van der Waals surface area contributed by atoms with Crippen LogP contribution >= 0.6 is 23.4 Å². The minimum atomic E-state index is -4.55.